The van der Waals surface area contributed by atoms with Crippen LogP contribution in [0.1, 0.15) is 26.7 Å². The molecule has 1 N–H and O–H groups in total. The summed E-state index contributed by atoms with van der Waals surface area (Å²) in [5, 5.41) is 6.08. The van der Waals surface area contributed by atoms with Gasteiger partial charge in [-0.05, 0) is 23.3 Å². The van der Waals surface area contributed by atoms with Gasteiger partial charge < -0.3 is 14.5 Å². The first-order valence-electron chi connectivity index (χ1n) is 9.34. The summed E-state index contributed by atoms with van der Waals surface area (Å²) in [4.78, 5) is 0. The van der Waals surface area contributed by atoms with Gasteiger partial charge >= 0.3 is 0 Å². The van der Waals surface area contributed by atoms with E-state index >= 15 is 0 Å². The fraction of sp³-hybridized carbons (Fsp3) is 0.429. The molecule has 3 nitrogen and oxygen atoms in total. The molecule has 0 saturated carbocycles. The van der Waals surface area contributed by atoms with E-state index in [9.17, 15) is 0 Å². The maximum absolute atomic E-state index is 6.99. The number of rotatable bonds is 7. The standard InChI is InChI=1S/C21H29NO2Si/c1-3-4-17-25(19-11-7-5-8-12-19,20-13-9-6-10-14-20)24-21(2)18-22-15-16-23-21/h5-14,22H,3-4,15-18H2,1-2H3. The average molecular weight is 356 g/mol. The lowest BCUT2D eigenvalue weighted by atomic mass is 10.3. The minimum absolute atomic E-state index is 0.579. The van der Waals surface area contributed by atoms with Crippen LogP contribution in [-0.2, 0) is 9.16 Å². The molecule has 1 atom stereocenters. The second-order valence-corrected chi connectivity index (χ2v) is 10.4. The third-order valence-electron chi connectivity index (χ3n) is 4.89. The zero-order valence-electron chi connectivity index (χ0n) is 15.3. The fourth-order valence-electron chi connectivity index (χ4n) is 3.60. The molecule has 0 radical (unpaired) electrons. The summed E-state index contributed by atoms with van der Waals surface area (Å²) < 4.78 is 13.1. The van der Waals surface area contributed by atoms with E-state index in [4.69, 9.17) is 9.16 Å². The summed E-state index contributed by atoms with van der Waals surface area (Å²) in [5.41, 5.74) is 0. The van der Waals surface area contributed by atoms with Crippen molar-refractivity contribution < 1.29 is 9.16 Å². The van der Waals surface area contributed by atoms with Gasteiger partial charge in [-0.1, -0.05) is 80.4 Å². The highest BCUT2D eigenvalue weighted by Crippen LogP contribution is 2.25. The first-order chi connectivity index (χ1) is 12.2. The van der Waals surface area contributed by atoms with E-state index in [0.29, 0.717) is 6.61 Å². The first-order valence-corrected chi connectivity index (χ1v) is 11.5. The van der Waals surface area contributed by atoms with Crippen LogP contribution < -0.4 is 15.7 Å². The van der Waals surface area contributed by atoms with Crippen molar-refractivity contribution in [2.75, 3.05) is 19.7 Å². The van der Waals surface area contributed by atoms with Crippen molar-refractivity contribution >= 4 is 18.7 Å². The monoisotopic (exact) mass is 355 g/mol. The molecule has 1 aliphatic rings. The lowest BCUT2D eigenvalue weighted by Crippen LogP contribution is -2.67. The summed E-state index contributed by atoms with van der Waals surface area (Å²) in [6, 6.07) is 22.6. The molecule has 0 amide bonds. The highest BCUT2D eigenvalue weighted by molar-refractivity contribution is 6.97. The van der Waals surface area contributed by atoms with Crippen molar-refractivity contribution in [1.29, 1.82) is 0 Å². The third-order valence-corrected chi connectivity index (χ3v) is 9.25. The second kappa shape index (κ2) is 8.28. The van der Waals surface area contributed by atoms with Gasteiger partial charge in [0.2, 0.25) is 0 Å². The molecular weight excluding hydrogens is 326 g/mol. The maximum atomic E-state index is 6.99. The number of ether oxygens (including phenoxy) is 1. The Morgan fingerprint density at radius 1 is 1.04 bits per heavy atom. The lowest BCUT2D eigenvalue weighted by molar-refractivity contribution is -0.186. The first kappa shape index (κ1) is 18.3. The van der Waals surface area contributed by atoms with Crippen molar-refractivity contribution in [3.63, 3.8) is 0 Å². The number of morpholine rings is 1. The molecule has 2 aromatic carbocycles. The molecule has 1 saturated heterocycles. The Morgan fingerprint density at radius 2 is 1.64 bits per heavy atom. The number of hydrogen-bond donors (Lipinski definition) is 1. The topological polar surface area (TPSA) is 30.5 Å². The highest BCUT2D eigenvalue weighted by atomic mass is 28.4. The molecule has 2 aromatic rings. The van der Waals surface area contributed by atoms with E-state index in [0.717, 1.165) is 32.0 Å². The van der Waals surface area contributed by atoms with Crippen LogP contribution in [0.2, 0.25) is 6.04 Å². The summed E-state index contributed by atoms with van der Waals surface area (Å²) in [6.07, 6.45) is 2.31. The summed E-state index contributed by atoms with van der Waals surface area (Å²) in [7, 11) is -2.39. The SMILES string of the molecule is CCCC[Si](OC1(C)CNCCO1)(c1ccccc1)c1ccccc1. The van der Waals surface area contributed by atoms with Crippen molar-refractivity contribution in [3.8, 4) is 0 Å². The maximum Gasteiger partial charge on any atom is 0.259 e. The van der Waals surface area contributed by atoms with Gasteiger partial charge in [0.05, 0.1) is 6.61 Å². The molecular formula is C21H29NO2Si. The Balaban J connectivity index is 2.07. The Kier molecular flexibility index (Phi) is 6.07. The Morgan fingerprint density at radius 3 is 2.12 bits per heavy atom. The number of hydrogen-bond acceptors (Lipinski definition) is 3. The normalized spacial score (nSPS) is 21.2. The minimum Gasteiger partial charge on any atom is -0.380 e. The fourth-order valence-corrected chi connectivity index (χ4v) is 8.03. The molecule has 134 valence electrons. The molecule has 1 unspecified atom stereocenters. The molecule has 0 aromatic heterocycles. The van der Waals surface area contributed by atoms with E-state index in [2.05, 4.69) is 79.8 Å². The van der Waals surface area contributed by atoms with E-state index in [1.807, 2.05) is 0 Å². The molecule has 3 rings (SSSR count). The highest BCUT2D eigenvalue weighted by Gasteiger charge is 2.45. The molecule has 1 aliphatic heterocycles. The third kappa shape index (κ3) is 4.21. The summed E-state index contributed by atoms with van der Waals surface area (Å²) in [6.45, 7) is 6.64. The van der Waals surface area contributed by atoms with Gasteiger partial charge in [-0.3, -0.25) is 0 Å². The van der Waals surface area contributed by atoms with Crippen LogP contribution in [0.15, 0.2) is 60.7 Å². The Hall–Kier alpha value is -1.46. The van der Waals surface area contributed by atoms with Gasteiger partial charge in [0.1, 0.15) is 0 Å². The van der Waals surface area contributed by atoms with Crippen LogP contribution in [0, 0.1) is 0 Å². The van der Waals surface area contributed by atoms with Gasteiger partial charge in [0, 0.05) is 13.1 Å². The molecule has 1 fully saturated rings. The van der Waals surface area contributed by atoms with Crippen LogP contribution in [-0.4, -0.2) is 33.8 Å². The molecule has 1 heterocycles. The van der Waals surface area contributed by atoms with E-state index in [1.54, 1.807) is 0 Å². The zero-order valence-corrected chi connectivity index (χ0v) is 16.3. The van der Waals surface area contributed by atoms with Crippen molar-refractivity contribution in [2.24, 2.45) is 0 Å². The van der Waals surface area contributed by atoms with Crippen LogP contribution in [0.3, 0.4) is 0 Å². The van der Waals surface area contributed by atoms with Gasteiger partial charge in [0.25, 0.3) is 8.32 Å². The molecule has 4 heteroatoms. The van der Waals surface area contributed by atoms with Gasteiger partial charge in [-0.2, -0.15) is 0 Å². The van der Waals surface area contributed by atoms with Gasteiger partial charge in [0.15, 0.2) is 5.79 Å². The average Bonchev–Trinajstić information content (AvgIpc) is 2.67. The quantitative estimate of drug-likeness (QED) is 0.775. The Labute approximate surface area is 152 Å². The Bertz CT molecular complexity index is 602. The summed E-state index contributed by atoms with van der Waals surface area (Å²) >= 11 is 0. The van der Waals surface area contributed by atoms with Crippen LogP contribution in [0.4, 0.5) is 0 Å². The van der Waals surface area contributed by atoms with Crippen LogP contribution in [0.25, 0.3) is 0 Å². The predicted octanol–water partition coefficient (Wildman–Crippen LogP) is 2.90. The summed E-state index contributed by atoms with van der Waals surface area (Å²) in [5.74, 6) is -0.579. The zero-order chi connectivity index (χ0) is 17.6. The van der Waals surface area contributed by atoms with E-state index in [1.165, 1.54) is 10.4 Å². The number of nitrogens with one attached hydrogen (secondary N) is 1. The van der Waals surface area contributed by atoms with Gasteiger partial charge in [-0.25, -0.2) is 0 Å². The minimum atomic E-state index is -2.39. The lowest BCUT2D eigenvalue weighted by Gasteiger charge is -2.43. The van der Waals surface area contributed by atoms with Crippen LogP contribution in [0.5, 0.6) is 0 Å². The second-order valence-electron chi connectivity index (χ2n) is 6.92. The molecule has 0 bridgehead atoms. The van der Waals surface area contributed by atoms with E-state index < -0.39 is 14.1 Å². The van der Waals surface area contributed by atoms with Crippen LogP contribution >= 0.6 is 0 Å². The van der Waals surface area contributed by atoms with Crippen molar-refractivity contribution in [1.82, 2.24) is 5.32 Å². The predicted molar refractivity (Wildman–Crippen MR) is 106 cm³/mol. The van der Waals surface area contributed by atoms with Crippen molar-refractivity contribution in [3.05, 3.63) is 60.7 Å². The molecule has 0 aliphatic carbocycles. The molecule has 0 spiro atoms. The van der Waals surface area contributed by atoms with Gasteiger partial charge in [-0.15, -0.1) is 0 Å². The van der Waals surface area contributed by atoms with Crippen molar-refractivity contribution in [2.45, 2.75) is 38.5 Å². The van der Waals surface area contributed by atoms with E-state index in [-0.39, 0.29) is 0 Å². The molecule has 25 heavy (non-hydrogen) atoms. The number of unbranched alkanes of at least 4 members (excludes halogenated alkanes) is 1. The number of benzene rings is 2. The largest absolute Gasteiger partial charge is 0.380 e. The smallest absolute Gasteiger partial charge is 0.259 e.